The number of aryl methyl sites for hydroxylation is 1. The molecule has 0 atom stereocenters. The van der Waals surface area contributed by atoms with Gasteiger partial charge in [-0.2, -0.15) is 0 Å². The molecule has 164 valence electrons. The van der Waals surface area contributed by atoms with E-state index in [1.165, 1.54) is 55.5 Å². The molecule has 0 saturated heterocycles. The maximum Gasteiger partial charge on any atom is 0.118 e. The molecule has 0 aromatic heterocycles. The van der Waals surface area contributed by atoms with Crippen LogP contribution in [0.3, 0.4) is 0 Å². The van der Waals surface area contributed by atoms with E-state index in [0.29, 0.717) is 0 Å². The Morgan fingerprint density at radius 3 is 1.79 bits per heavy atom. The molecule has 0 N–H and O–H groups in total. The third kappa shape index (κ3) is 3.19. The van der Waals surface area contributed by atoms with Gasteiger partial charge in [-0.1, -0.05) is 91.0 Å². The van der Waals surface area contributed by atoms with Crippen LogP contribution in [-0.2, 0) is 7.05 Å². The topological polar surface area (TPSA) is 14.2 Å². The van der Waals surface area contributed by atoms with Crippen LogP contribution < -0.4 is 4.74 Å². The van der Waals surface area contributed by atoms with Gasteiger partial charge in [-0.25, -0.2) is 0 Å². The second-order valence-corrected chi connectivity index (χ2v) is 8.61. The van der Waals surface area contributed by atoms with Crippen LogP contribution in [0.2, 0.25) is 0 Å². The molecule has 2 aliphatic rings. The molecule has 34 heavy (non-hydrogen) atoms. The minimum Gasteiger partial charge on any atom is -0.497 e. The molecular formula is C32H25NO. The van der Waals surface area contributed by atoms with Gasteiger partial charge in [0, 0.05) is 29.1 Å². The lowest BCUT2D eigenvalue weighted by molar-refractivity contribution is 0.415. The van der Waals surface area contributed by atoms with Crippen LogP contribution in [0.4, 0.5) is 0 Å². The Bertz CT molecular complexity index is 1560. The number of hydrogen-bond acceptors (Lipinski definition) is 1. The average molecular weight is 440 g/mol. The first-order chi connectivity index (χ1) is 16.8. The van der Waals surface area contributed by atoms with Crippen molar-refractivity contribution < 1.29 is 4.74 Å². The molecule has 1 heterocycles. The average Bonchev–Trinajstić information content (AvgIpc) is 3.30. The van der Waals surface area contributed by atoms with Gasteiger partial charge < -0.3 is 9.30 Å². The van der Waals surface area contributed by atoms with E-state index in [1.54, 1.807) is 7.11 Å². The number of fused-ring (bicyclic) bond motifs is 3. The van der Waals surface area contributed by atoms with E-state index in [1.807, 2.05) is 12.1 Å². The van der Waals surface area contributed by atoms with Crippen molar-refractivity contribution in [3.8, 4) is 50.4 Å². The smallest absolute Gasteiger partial charge is 0.118 e. The number of ether oxygens (including phenoxy) is 1. The molecule has 1 aliphatic carbocycles. The predicted molar refractivity (Wildman–Crippen MR) is 142 cm³/mol. The molecule has 4 aromatic carbocycles. The normalized spacial score (nSPS) is 11.2. The van der Waals surface area contributed by atoms with Crippen LogP contribution >= 0.6 is 0 Å². The first kappa shape index (κ1) is 20.3. The number of nitrogens with zero attached hydrogens (tertiary/aromatic N) is 1. The highest BCUT2D eigenvalue weighted by Gasteiger charge is 2.26. The summed E-state index contributed by atoms with van der Waals surface area (Å²) in [4.78, 5) is 0. The zero-order chi connectivity index (χ0) is 23.1. The first-order valence-corrected chi connectivity index (χ1v) is 11.6. The van der Waals surface area contributed by atoms with E-state index >= 15 is 0 Å². The fraction of sp³-hybridized carbons (Fsp3) is 0.0625. The van der Waals surface area contributed by atoms with E-state index in [9.17, 15) is 0 Å². The van der Waals surface area contributed by atoms with Crippen LogP contribution in [0.15, 0.2) is 115 Å². The highest BCUT2D eigenvalue weighted by Crippen LogP contribution is 2.51. The van der Waals surface area contributed by atoms with Crippen LogP contribution in [0.1, 0.15) is 0 Å². The summed E-state index contributed by atoms with van der Waals surface area (Å²) in [7, 11) is 3.89. The maximum atomic E-state index is 5.43. The van der Waals surface area contributed by atoms with Gasteiger partial charge >= 0.3 is 0 Å². The van der Waals surface area contributed by atoms with E-state index < -0.39 is 0 Å². The van der Waals surface area contributed by atoms with Gasteiger partial charge in [0.15, 0.2) is 0 Å². The molecule has 0 amide bonds. The third-order valence-corrected chi connectivity index (χ3v) is 6.72. The van der Waals surface area contributed by atoms with E-state index in [2.05, 4.69) is 115 Å². The van der Waals surface area contributed by atoms with Gasteiger partial charge in [0.2, 0.25) is 0 Å². The zero-order valence-electron chi connectivity index (χ0n) is 19.3. The molecular weight excluding hydrogens is 414 g/mol. The summed E-state index contributed by atoms with van der Waals surface area (Å²) in [5, 5.41) is 1.26. The van der Waals surface area contributed by atoms with Gasteiger partial charge in [-0.15, -0.1) is 0 Å². The fourth-order valence-corrected chi connectivity index (χ4v) is 5.13. The quantitative estimate of drug-likeness (QED) is 0.269. The number of hydrogen-bond donors (Lipinski definition) is 0. The molecule has 0 saturated carbocycles. The lowest BCUT2D eigenvalue weighted by Crippen LogP contribution is -2.03. The number of methoxy groups -OCH3 is 1. The molecule has 0 unspecified atom stereocenters. The lowest BCUT2D eigenvalue weighted by Gasteiger charge is -2.22. The molecule has 1 aliphatic heterocycles. The Labute approximate surface area is 200 Å². The number of rotatable bonds is 4. The van der Waals surface area contributed by atoms with Gasteiger partial charge in [0.05, 0.1) is 12.8 Å². The van der Waals surface area contributed by atoms with Crippen LogP contribution in [-0.4, -0.2) is 11.7 Å². The summed E-state index contributed by atoms with van der Waals surface area (Å²) in [6.45, 7) is 0. The summed E-state index contributed by atoms with van der Waals surface area (Å²) in [5.41, 5.74) is 11.1. The van der Waals surface area contributed by atoms with Gasteiger partial charge in [-0.05, 0) is 52.1 Å². The van der Waals surface area contributed by atoms with Crippen molar-refractivity contribution in [2.24, 2.45) is 7.05 Å². The van der Waals surface area contributed by atoms with E-state index in [4.69, 9.17) is 4.74 Å². The molecule has 6 rings (SSSR count). The second kappa shape index (κ2) is 8.24. The first-order valence-electron chi connectivity index (χ1n) is 11.6. The molecule has 2 heteroatoms. The Hall–Kier alpha value is -4.30. The van der Waals surface area contributed by atoms with Crippen LogP contribution in [0.25, 0.3) is 55.5 Å². The monoisotopic (exact) mass is 439 g/mol. The van der Waals surface area contributed by atoms with Crippen molar-refractivity contribution in [2.45, 2.75) is 0 Å². The van der Waals surface area contributed by atoms with E-state index in [0.717, 1.165) is 5.75 Å². The Kier molecular flexibility index (Phi) is 4.92. The second-order valence-electron chi connectivity index (χ2n) is 8.61. The van der Waals surface area contributed by atoms with Crippen molar-refractivity contribution in [1.82, 2.24) is 4.57 Å². The standard InChI is InChI=1S/C32H25NO/c1-33-29-16-10-9-15-26(29)30-27(23-17-19-25(34-2)20-18-23)21-28(22-11-5-3-6-12-22)31(30)32(33)24-13-7-4-8-14-24/h3-21H,1-2H3. The minimum atomic E-state index is 0.865. The van der Waals surface area contributed by atoms with Crippen molar-refractivity contribution in [3.05, 3.63) is 115 Å². The summed E-state index contributed by atoms with van der Waals surface area (Å²) < 4.78 is 7.77. The summed E-state index contributed by atoms with van der Waals surface area (Å²) in [6, 6.07) is 40.9. The van der Waals surface area contributed by atoms with Crippen molar-refractivity contribution >= 4 is 10.9 Å². The Morgan fingerprint density at radius 2 is 1.12 bits per heavy atom. The molecule has 2 nitrogen and oxygen atoms in total. The molecule has 0 radical (unpaired) electrons. The number of benzene rings is 4. The highest BCUT2D eigenvalue weighted by atomic mass is 16.5. The van der Waals surface area contributed by atoms with Gasteiger partial charge in [0.25, 0.3) is 0 Å². The molecule has 0 fully saturated rings. The zero-order valence-corrected chi connectivity index (χ0v) is 19.3. The number of para-hydroxylation sites is 1. The van der Waals surface area contributed by atoms with Crippen LogP contribution in [0, 0.1) is 0 Å². The van der Waals surface area contributed by atoms with Crippen molar-refractivity contribution in [2.75, 3.05) is 7.11 Å². The lowest BCUT2D eigenvalue weighted by atomic mass is 9.90. The van der Waals surface area contributed by atoms with Crippen molar-refractivity contribution in [3.63, 3.8) is 0 Å². The minimum absolute atomic E-state index is 0.865. The van der Waals surface area contributed by atoms with Gasteiger partial charge in [0.1, 0.15) is 5.75 Å². The summed E-state index contributed by atoms with van der Waals surface area (Å²) in [6.07, 6.45) is 0. The largest absolute Gasteiger partial charge is 0.497 e. The Balaban J connectivity index is 1.79. The van der Waals surface area contributed by atoms with Crippen LogP contribution in [0.5, 0.6) is 5.75 Å². The number of pyridine rings is 1. The maximum absolute atomic E-state index is 5.43. The summed E-state index contributed by atoms with van der Waals surface area (Å²) >= 11 is 0. The molecule has 0 spiro atoms. The highest BCUT2D eigenvalue weighted by molar-refractivity contribution is 6.13. The van der Waals surface area contributed by atoms with E-state index in [-0.39, 0.29) is 0 Å². The summed E-state index contributed by atoms with van der Waals surface area (Å²) in [5.74, 6) is 0.865. The molecule has 4 aromatic rings. The Morgan fingerprint density at radius 1 is 0.559 bits per heavy atom. The molecule has 0 bridgehead atoms. The van der Waals surface area contributed by atoms with Gasteiger partial charge in [-0.3, -0.25) is 0 Å². The SMILES string of the molecule is COc1ccc(-c2cc(-c3ccccc3)c3c(-c4ccccc4)n(C)c4ccccc4c2-3)cc1. The third-order valence-electron chi connectivity index (χ3n) is 6.72. The number of aromatic nitrogens is 1. The fourth-order valence-electron chi connectivity index (χ4n) is 5.13. The predicted octanol–water partition coefficient (Wildman–Crippen LogP) is 8.29. The van der Waals surface area contributed by atoms with Crippen molar-refractivity contribution in [1.29, 1.82) is 0 Å².